The lowest BCUT2D eigenvalue weighted by atomic mass is 10.0. The first kappa shape index (κ1) is 12.4. The standard InChI is InChI=1S/C14H22N2O/c1-3-8-16(13-9-15-10-13)11(2)12-4-6-14(17)7-5-12/h4-7,11,13,15,17H,3,8-10H2,1-2H3. The Hall–Kier alpha value is -1.06. The van der Waals surface area contributed by atoms with Gasteiger partial charge in [-0.05, 0) is 37.6 Å². The quantitative estimate of drug-likeness (QED) is 0.819. The second kappa shape index (κ2) is 5.52. The summed E-state index contributed by atoms with van der Waals surface area (Å²) in [7, 11) is 0. The number of benzene rings is 1. The number of aromatic hydroxyl groups is 1. The van der Waals surface area contributed by atoms with Crippen molar-refractivity contribution >= 4 is 0 Å². The van der Waals surface area contributed by atoms with Gasteiger partial charge >= 0.3 is 0 Å². The second-order valence-electron chi connectivity index (χ2n) is 4.82. The van der Waals surface area contributed by atoms with Crippen LogP contribution in [0.1, 0.15) is 31.9 Å². The van der Waals surface area contributed by atoms with E-state index in [-0.39, 0.29) is 0 Å². The summed E-state index contributed by atoms with van der Waals surface area (Å²) in [4.78, 5) is 2.56. The SMILES string of the molecule is CCCN(C1CNC1)C(C)c1ccc(O)cc1. The first-order valence-corrected chi connectivity index (χ1v) is 6.47. The maximum Gasteiger partial charge on any atom is 0.115 e. The molecule has 1 aliphatic heterocycles. The van der Waals surface area contributed by atoms with E-state index in [2.05, 4.69) is 24.1 Å². The normalized spacial score (nSPS) is 18.1. The van der Waals surface area contributed by atoms with E-state index in [4.69, 9.17) is 0 Å². The maximum atomic E-state index is 9.32. The minimum atomic E-state index is 0.341. The first-order chi connectivity index (χ1) is 8.22. The summed E-state index contributed by atoms with van der Waals surface area (Å²) in [5, 5.41) is 12.7. The van der Waals surface area contributed by atoms with Crippen molar-refractivity contribution < 1.29 is 5.11 Å². The zero-order valence-electron chi connectivity index (χ0n) is 10.7. The summed E-state index contributed by atoms with van der Waals surface area (Å²) in [5.41, 5.74) is 1.28. The van der Waals surface area contributed by atoms with Crippen molar-refractivity contribution in [2.45, 2.75) is 32.4 Å². The van der Waals surface area contributed by atoms with Gasteiger partial charge in [0.2, 0.25) is 0 Å². The lowest BCUT2D eigenvalue weighted by molar-refractivity contribution is 0.103. The van der Waals surface area contributed by atoms with Gasteiger partial charge in [0, 0.05) is 25.2 Å². The monoisotopic (exact) mass is 234 g/mol. The summed E-state index contributed by atoms with van der Waals surface area (Å²) in [5.74, 6) is 0.341. The molecule has 1 atom stereocenters. The molecule has 0 spiro atoms. The van der Waals surface area contributed by atoms with Crippen molar-refractivity contribution in [2.75, 3.05) is 19.6 Å². The van der Waals surface area contributed by atoms with Crippen LogP contribution in [0, 0.1) is 0 Å². The molecule has 1 unspecified atom stereocenters. The zero-order valence-corrected chi connectivity index (χ0v) is 10.7. The molecule has 1 aromatic rings. The maximum absolute atomic E-state index is 9.32. The highest BCUT2D eigenvalue weighted by atomic mass is 16.3. The lowest BCUT2D eigenvalue weighted by Crippen LogP contribution is -2.57. The Morgan fingerprint density at radius 1 is 1.35 bits per heavy atom. The van der Waals surface area contributed by atoms with E-state index in [9.17, 15) is 5.11 Å². The summed E-state index contributed by atoms with van der Waals surface area (Å²) in [6, 6.07) is 8.68. The summed E-state index contributed by atoms with van der Waals surface area (Å²) in [6.45, 7) is 7.81. The van der Waals surface area contributed by atoms with Crippen LogP contribution in [0.25, 0.3) is 0 Å². The molecule has 0 amide bonds. The number of nitrogens with zero attached hydrogens (tertiary/aromatic N) is 1. The minimum Gasteiger partial charge on any atom is -0.508 e. The molecule has 1 fully saturated rings. The predicted molar refractivity (Wildman–Crippen MR) is 70.2 cm³/mol. The highest BCUT2D eigenvalue weighted by Crippen LogP contribution is 2.25. The van der Waals surface area contributed by atoms with Gasteiger partial charge in [-0.2, -0.15) is 0 Å². The summed E-state index contributed by atoms with van der Waals surface area (Å²) >= 11 is 0. The van der Waals surface area contributed by atoms with Crippen LogP contribution in [0.5, 0.6) is 5.75 Å². The molecule has 0 aliphatic carbocycles. The fraction of sp³-hybridized carbons (Fsp3) is 0.571. The third kappa shape index (κ3) is 2.79. The van der Waals surface area contributed by atoms with E-state index in [0.717, 1.165) is 19.6 Å². The molecular formula is C14H22N2O. The summed E-state index contributed by atoms with van der Waals surface area (Å²) < 4.78 is 0. The Kier molecular flexibility index (Phi) is 4.02. The Bertz CT molecular complexity index is 346. The smallest absolute Gasteiger partial charge is 0.115 e. The third-order valence-electron chi connectivity index (χ3n) is 3.58. The zero-order chi connectivity index (χ0) is 12.3. The molecule has 1 aliphatic rings. The fourth-order valence-corrected chi connectivity index (χ4v) is 2.40. The van der Waals surface area contributed by atoms with Crippen molar-refractivity contribution in [3.8, 4) is 5.75 Å². The molecule has 0 saturated carbocycles. The van der Waals surface area contributed by atoms with Crippen LogP contribution in [-0.4, -0.2) is 35.7 Å². The van der Waals surface area contributed by atoms with Crippen molar-refractivity contribution in [3.63, 3.8) is 0 Å². The molecule has 0 bridgehead atoms. The predicted octanol–water partition coefficient (Wildman–Crippen LogP) is 2.14. The van der Waals surface area contributed by atoms with Gasteiger partial charge in [0.15, 0.2) is 0 Å². The largest absolute Gasteiger partial charge is 0.508 e. The van der Waals surface area contributed by atoms with Crippen molar-refractivity contribution in [2.24, 2.45) is 0 Å². The van der Waals surface area contributed by atoms with Crippen LogP contribution >= 0.6 is 0 Å². The average molecular weight is 234 g/mol. The summed E-state index contributed by atoms with van der Waals surface area (Å²) in [6.07, 6.45) is 1.18. The van der Waals surface area contributed by atoms with Crippen LogP contribution in [0.2, 0.25) is 0 Å². The number of nitrogens with one attached hydrogen (secondary N) is 1. The second-order valence-corrected chi connectivity index (χ2v) is 4.82. The molecule has 1 aromatic carbocycles. The van der Waals surface area contributed by atoms with Crippen molar-refractivity contribution in [1.29, 1.82) is 0 Å². The molecule has 0 radical (unpaired) electrons. The molecule has 2 rings (SSSR count). The Labute approximate surface area is 103 Å². The Morgan fingerprint density at radius 2 is 2.00 bits per heavy atom. The number of hydrogen-bond donors (Lipinski definition) is 2. The van der Waals surface area contributed by atoms with E-state index in [0.29, 0.717) is 17.8 Å². The highest BCUT2D eigenvalue weighted by molar-refractivity contribution is 5.28. The van der Waals surface area contributed by atoms with E-state index in [1.165, 1.54) is 12.0 Å². The highest BCUT2D eigenvalue weighted by Gasteiger charge is 2.28. The number of rotatable bonds is 5. The molecule has 17 heavy (non-hydrogen) atoms. The molecular weight excluding hydrogens is 212 g/mol. The van der Waals surface area contributed by atoms with Crippen molar-refractivity contribution in [3.05, 3.63) is 29.8 Å². The van der Waals surface area contributed by atoms with Gasteiger partial charge in [-0.15, -0.1) is 0 Å². The number of phenolic OH excluding ortho intramolecular Hbond substituents is 1. The fourth-order valence-electron chi connectivity index (χ4n) is 2.40. The van der Waals surface area contributed by atoms with Gasteiger partial charge in [0.25, 0.3) is 0 Å². The molecule has 1 heterocycles. The van der Waals surface area contributed by atoms with Crippen LogP contribution in [0.15, 0.2) is 24.3 Å². The van der Waals surface area contributed by atoms with Crippen molar-refractivity contribution in [1.82, 2.24) is 10.2 Å². The van der Waals surface area contributed by atoms with Gasteiger partial charge in [-0.25, -0.2) is 0 Å². The van der Waals surface area contributed by atoms with Crippen LogP contribution in [0.4, 0.5) is 0 Å². The van der Waals surface area contributed by atoms with E-state index < -0.39 is 0 Å². The Morgan fingerprint density at radius 3 is 2.47 bits per heavy atom. The van der Waals surface area contributed by atoms with Crippen LogP contribution in [0.3, 0.4) is 0 Å². The van der Waals surface area contributed by atoms with Crippen LogP contribution in [-0.2, 0) is 0 Å². The number of hydrogen-bond acceptors (Lipinski definition) is 3. The van der Waals surface area contributed by atoms with Gasteiger partial charge in [-0.3, -0.25) is 4.90 Å². The lowest BCUT2D eigenvalue weighted by Gasteiger charge is -2.42. The molecule has 2 N–H and O–H groups in total. The first-order valence-electron chi connectivity index (χ1n) is 6.47. The third-order valence-corrected chi connectivity index (χ3v) is 3.58. The Balaban J connectivity index is 2.09. The molecule has 0 aromatic heterocycles. The van der Waals surface area contributed by atoms with E-state index >= 15 is 0 Å². The van der Waals surface area contributed by atoms with E-state index in [1.54, 1.807) is 12.1 Å². The van der Waals surface area contributed by atoms with Gasteiger partial charge in [0.05, 0.1) is 0 Å². The number of phenols is 1. The molecule has 94 valence electrons. The molecule has 1 saturated heterocycles. The topological polar surface area (TPSA) is 35.5 Å². The minimum absolute atomic E-state index is 0.341. The van der Waals surface area contributed by atoms with Gasteiger partial charge < -0.3 is 10.4 Å². The van der Waals surface area contributed by atoms with Gasteiger partial charge in [-0.1, -0.05) is 19.1 Å². The molecule has 3 heteroatoms. The van der Waals surface area contributed by atoms with E-state index in [1.807, 2.05) is 12.1 Å². The average Bonchev–Trinajstić information content (AvgIpc) is 2.26. The van der Waals surface area contributed by atoms with Crippen LogP contribution < -0.4 is 5.32 Å². The van der Waals surface area contributed by atoms with Gasteiger partial charge in [0.1, 0.15) is 5.75 Å². The molecule has 3 nitrogen and oxygen atoms in total.